The summed E-state index contributed by atoms with van der Waals surface area (Å²) in [5, 5.41) is 9.73. The molecule has 0 spiro atoms. The lowest BCUT2D eigenvalue weighted by molar-refractivity contribution is -0.870. The normalized spacial score (nSPS) is 12.6. The van der Waals surface area contributed by atoms with Gasteiger partial charge in [0.2, 0.25) is 0 Å². The van der Waals surface area contributed by atoms with Crippen LogP contribution in [0.5, 0.6) is 0 Å². The Hall–Kier alpha value is -1.71. The van der Waals surface area contributed by atoms with Gasteiger partial charge in [-0.15, -0.1) is 0 Å². The Labute approximate surface area is 504 Å². The van der Waals surface area contributed by atoms with Crippen LogP contribution in [0.1, 0.15) is 386 Å². The van der Waals surface area contributed by atoms with Gasteiger partial charge in [0, 0.05) is 12.8 Å². The van der Waals surface area contributed by atoms with Crippen molar-refractivity contribution in [2.75, 3.05) is 47.5 Å². The summed E-state index contributed by atoms with van der Waals surface area (Å²) < 4.78 is 23.0. The molecule has 0 saturated heterocycles. The van der Waals surface area contributed by atoms with E-state index in [0.717, 1.165) is 38.5 Å². The molecule has 2 unspecified atom stereocenters. The number of hydrogen-bond acceptors (Lipinski definition) is 7. The molecule has 0 aromatic carbocycles. The highest BCUT2D eigenvalue weighted by Crippen LogP contribution is 2.20. The average molecular weight is 1150 g/mol. The Bertz CT molecular complexity index is 1290. The highest BCUT2D eigenvalue weighted by Gasteiger charge is 2.25. The first kappa shape index (κ1) is 79.3. The number of esters is 2. The number of carbonyl (C=O) groups excluding carboxylic acids is 2. The smallest absolute Gasteiger partial charge is 0.361 e. The molecule has 0 rings (SSSR count). The topological polar surface area (TPSA) is 108 Å². The highest BCUT2D eigenvalue weighted by molar-refractivity contribution is 5.71. The number of nitrogens with zero attached hydrogens (tertiary/aromatic N) is 1. The van der Waals surface area contributed by atoms with Gasteiger partial charge >= 0.3 is 17.9 Å². The number of aliphatic carboxylic acids is 1. The fraction of sp³-hybridized carbons (Fsp3) is 0.958. The Morgan fingerprint density at radius 2 is 0.556 bits per heavy atom. The molecule has 0 aromatic rings. The summed E-state index contributed by atoms with van der Waals surface area (Å²) in [6.45, 7) is 4.97. The van der Waals surface area contributed by atoms with Crippen LogP contribution in [0, 0.1) is 0 Å². The average Bonchev–Trinajstić information content (AvgIpc) is 3.44. The van der Waals surface area contributed by atoms with Crippen molar-refractivity contribution in [1.29, 1.82) is 0 Å². The van der Waals surface area contributed by atoms with Gasteiger partial charge < -0.3 is 28.5 Å². The third kappa shape index (κ3) is 65.7. The lowest BCUT2D eigenvalue weighted by atomic mass is 10.0. The predicted octanol–water partition coefficient (Wildman–Crippen LogP) is 22.3. The molecule has 0 fully saturated rings. The van der Waals surface area contributed by atoms with E-state index < -0.39 is 18.4 Å². The number of ether oxygens (including phenoxy) is 4. The van der Waals surface area contributed by atoms with Crippen LogP contribution in [0.25, 0.3) is 0 Å². The van der Waals surface area contributed by atoms with E-state index >= 15 is 0 Å². The zero-order chi connectivity index (χ0) is 59.1. The van der Waals surface area contributed by atoms with Crippen LogP contribution in [0.3, 0.4) is 0 Å². The van der Waals surface area contributed by atoms with Gasteiger partial charge in [0.25, 0.3) is 6.29 Å². The van der Waals surface area contributed by atoms with Crippen molar-refractivity contribution < 1.29 is 42.9 Å². The molecule has 0 aliphatic heterocycles. The van der Waals surface area contributed by atoms with Gasteiger partial charge in [-0.05, 0) is 12.8 Å². The van der Waals surface area contributed by atoms with E-state index in [1.807, 2.05) is 21.1 Å². The Kier molecular flexibility index (Phi) is 62.9. The Morgan fingerprint density at radius 1 is 0.321 bits per heavy atom. The first-order valence-electron chi connectivity index (χ1n) is 36.2. The summed E-state index contributed by atoms with van der Waals surface area (Å²) in [7, 11) is 5.99. The maximum Gasteiger partial charge on any atom is 0.361 e. The van der Waals surface area contributed by atoms with Gasteiger partial charge in [0.1, 0.15) is 13.2 Å². The van der Waals surface area contributed by atoms with Crippen LogP contribution in [0.4, 0.5) is 0 Å². The maximum absolute atomic E-state index is 12.9. The molecule has 0 heterocycles. The van der Waals surface area contributed by atoms with Crippen molar-refractivity contribution in [2.45, 2.75) is 399 Å². The third-order valence-electron chi connectivity index (χ3n) is 16.9. The molecule has 1 N–H and O–H groups in total. The monoisotopic (exact) mass is 1150 g/mol. The molecule has 482 valence electrons. The molecule has 9 nitrogen and oxygen atoms in total. The molecular weight excluding hydrogens is 1010 g/mol. The fourth-order valence-electron chi connectivity index (χ4n) is 11.3. The molecule has 0 aliphatic rings. The van der Waals surface area contributed by atoms with Crippen molar-refractivity contribution >= 4 is 17.9 Å². The molecular formula is C72H142NO8+. The molecule has 0 bridgehead atoms. The van der Waals surface area contributed by atoms with E-state index in [1.54, 1.807) is 0 Å². The first-order valence-corrected chi connectivity index (χ1v) is 36.2. The minimum atomic E-state index is -1.50. The van der Waals surface area contributed by atoms with E-state index in [1.165, 1.54) is 321 Å². The first-order chi connectivity index (χ1) is 39.6. The van der Waals surface area contributed by atoms with E-state index in [9.17, 15) is 19.5 Å². The minimum absolute atomic E-state index is 0.172. The fourth-order valence-corrected chi connectivity index (χ4v) is 11.3. The molecule has 0 amide bonds. The summed E-state index contributed by atoms with van der Waals surface area (Å²) >= 11 is 0. The van der Waals surface area contributed by atoms with Crippen LogP contribution in [-0.2, 0) is 33.3 Å². The number of quaternary nitrogens is 1. The third-order valence-corrected chi connectivity index (χ3v) is 16.9. The maximum atomic E-state index is 12.9. The van der Waals surface area contributed by atoms with Crippen molar-refractivity contribution in [3.63, 3.8) is 0 Å². The van der Waals surface area contributed by atoms with E-state index in [0.29, 0.717) is 17.4 Å². The quantitative estimate of drug-likeness (QED) is 0.0278. The molecule has 9 heteroatoms. The Balaban J connectivity index is 3.92. The van der Waals surface area contributed by atoms with Gasteiger partial charge in [-0.2, -0.15) is 0 Å². The van der Waals surface area contributed by atoms with Gasteiger partial charge in [0.15, 0.2) is 6.10 Å². The number of rotatable bonds is 69. The second kappa shape index (κ2) is 64.3. The van der Waals surface area contributed by atoms with Crippen molar-refractivity contribution in [3.8, 4) is 0 Å². The molecule has 2 atom stereocenters. The summed E-state index contributed by atoms with van der Waals surface area (Å²) in [6, 6.07) is 0. The second-order valence-electron chi connectivity index (χ2n) is 26.3. The van der Waals surface area contributed by atoms with Crippen molar-refractivity contribution in [1.82, 2.24) is 0 Å². The van der Waals surface area contributed by atoms with E-state index in [4.69, 9.17) is 18.9 Å². The number of hydrogen-bond donors (Lipinski definition) is 1. The highest BCUT2D eigenvalue weighted by atomic mass is 16.7. The summed E-state index contributed by atoms with van der Waals surface area (Å²) in [5.41, 5.74) is 0. The summed E-state index contributed by atoms with van der Waals surface area (Å²) in [4.78, 5) is 37.6. The van der Waals surface area contributed by atoms with Crippen LogP contribution in [0.2, 0.25) is 0 Å². The largest absolute Gasteiger partial charge is 0.477 e. The zero-order valence-corrected chi connectivity index (χ0v) is 55.2. The minimum Gasteiger partial charge on any atom is -0.477 e. The lowest BCUT2D eigenvalue weighted by Crippen LogP contribution is -2.40. The molecule has 0 saturated carbocycles. The second-order valence-corrected chi connectivity index (χ2v) is 26.3. The van der Waals surface area contributed by atoms with Crippen LogP contribution in [-0.4, -0.2) is 87.4 Å². The van der Waals surface area contributed by atoms with Gasteiger partial charge in [-0.25, -0.2) is 4.79 Å². The van der Waals surface area contributed by atoms with Gasteiger partial charge in [0.05, 0.1) is 34.4 Å². The van der Waals surface area contributed by atoms with Crippen LogP contribution >= 0.6 is 0 Å². The molecule has 0 aliphatic carbocycles. The van der Waals surface area contributed by atoms with E-state index in [-0.39, 0.29) is 38.2 Å². The number of carboxylic acids is 1. The van der Waals surface area contributed by atoms with Gasteiger partial charge in [-0.3, -0.25) is 9.59 Å². The van der Waals surface area contributed by atoms with Crippen LogP contribution in [0.15, 0.2) is 0 Å². The predicted molar refractivity (Wildman–Crippen MR) is 346 cm³/mol. The van der Waals surface area contributed by atoms with Gasteiger partial charge in [-0.1, -0.05) is 361 Å². The van der Waals surface area contributed by atoms with Crippen LogP contribution < -0.4 is 0 Å². The molecule has 0 radical (unpaired) electrons. The summed E-state index contributed by atoms with van der Waals surface area (Å²) in [6.07, 6.45) is 73.9. The number of unbranched alkanes of at least 4 members (excludes halogenated alkanes) is 54. The lowest BCUT2D eigenvalue weighted by Gasteiger charge is -2.25. The van der Waals surface area contributed by atoms with Crippen molar-refractivity contribution in [3.05, 3.63) is 0 Å². The molecule has 0 aromatic heterocycles. The SMILES string of the molecule is CCCCCCCCCCCCCCCCCCCCCCCCCCCCCCCCCCCCCCCCC(=O)OC(COC(=O)CCCCCCCCCCCCCCCCCCCC)COC(OCC[N+](C)(C)C)C(=O)O. The Morgan fingerprint density at radius 3 is 0.790 bits per heavy atom. The summed E-state index contributed by atoms with van der Waals surface area (Å²) in [5.74, 6) is -1.97. The number of carboxylic acid groups (broad SMARTS) is 1. The molecule has 81 heavy (non-hydrogen) atoms. The standard InChI is InChI=1S/C72H141NO8/c1-6-8-10-12-14-16-18-20-22-24-26-27-28-29-30-31-32-33-34-35-36-37-38-39-40-41-42-43-44-45-47-49-51-53-55-57-59-61-63-70(75)81-68(67-80-72(71(76)77)78-65-64-73(3,4)5)66-79-69(74)62-60-58-56-54-52-50-48-46-25-23-21-19-17-15-13-11-9-7-2/h68,72H,6-67H2,1-5H3/p+1. The van der Waals surface area contributed by atoms with E-state index in [2.05, 4.69) is 13.8 Å². The van der Waals surface area contributed by atoms with Crippen molar-refractivity contribution in [2.24, 2.45) is 0 Å². The zero-order valence-electron chi connectivity index (χ0n) is 55.2. The number of likely N-dealkylation sites (N-methyl/N-ethyl adjacent to an activating group) is 1. The number of carbonyl (C=O) groups is 3.